The monoisotopic (exact) mass is 241 g/mol. The van der Waals surface area contributed by atoms with E-state index in [4.69, 9.17) is 0 Å². The predicted molar refractivity (Wildman–Crippen MR) is 61.4 cm³/mol. The lowest BCUT2D eigenvalue weighted by atomic mass is 9.96. The summed E-state index contributed by atoms with van der Waals surface area (Å²) in [4.78, 5) is 0. The molecular weight excluding hydrogens is 224 g/mol. The van der Waals surface area contributed by atoms with Crippen molar-refractivity contribution in [1.82, 2.24) is 5.32 Å². The standard InChI is InChI=1S/C13H17F2NO/c1-13(8-17,10-3-4-10)16-7-9-2-5-11(14)12(15)6-9/h2,5-6,10,16-17H,3-4,7-8H2,1H3. The Bertz CT molecular complexity index is 406. The second-order valence-corrected chi connectivity index (χ2v) is 4.95. The Kier molecular flexibility index (Phi) is 3.45. The first-order valence-corrected chi connectivity index (χ1v) is 5.85. The SMILES string of the molecule is CC(CO)(NCc1ccc(F)c(F)c1)C1CC1. The first-order valence-electron chi connectivity index (χ1n) is 5.85. The number of hydrogen-bond donors (Lipinski definition) is 2. The number of rotatable bonds is 5. The summed E-state index contributed by atoms with van der Waals surface area (Å²) in [6.07, 6.45) is 2.23. The highest BCUT2D eigenvalue weighted by Gasteiger charge is 2.40. The van der Waals surface area contributed by atoms with Gasteiger partial charge >= 0.3 is 0 Å². The van der Waals surface area contributed by atoms with Gasteiger partial charge in [-0.05, 0) is 43.4 Å². The Morgan fingerprint density at radius 2 is 2.06 bits per heavy atom. The summed E-state index contributed by atoms with van der Waals surface area (Å²) < 4.78 is 25.7. The quantitative estimate of drug-likeness (QED) is 0.828. The van der Waals surface area contributed by atoms with Crippen molar-refractivity contribution in [1.29, 1.82) is 0 Å². The van der Waals surface area contributed by atoms with Crippen molar-refractivity contribution in [3.8, 4) is 0 Å². The first kappa shape index (κ1) is 12.5. The van der Waals surface area contributed by atoms with E-state index in [0.29, 0.717) is 18.0 Å². The van der Waals surface area contributed by atoms with E-state index in [1.54, 1.807) is 6.07 Å². The number of halogens is 2. The minimum absolute atomic E-state index is 0.0569. The van der Waals surface area contributed by atoms with Crippen LogP contribution in [-0.2, 0) is 6.54 Å². The van der Waals surface area contributed by atoms with Crippen LogP contribution in [0.1, 0.15) is 25.3 Å². The van der Waals surface area contributed by atoms with E-state index in [-0.39, 0.29) is 12.1 Å². The van der Waals surface area contributed by atoms with E-state index in [9.17, 15) is 13.9 Å². The Balaban J connectivity index is 1.98. The van der Waals surface area contributed by atoms with Gasteiger partial charge in [-0.15, -0.1) is 0 Å². The fourth-order valence-electron chi connectivity index (χ4n) is 2.00. The van der Waals surface area contributed by atoms with Crippen molar-refractivity contribution in [2.75, 3.05) is 6.61 Å². The Morgan fingerprint density at radius 1 is 1.35 bits per heavy atom. The number of aliphatic hydroxyl groups excluding tert-OH is 1. The Labute approximate surface area is 99.7 Å². The van der Waals surface area contributed by atoms with Crippen molar-refractivity contribution >= 4 is 0 Å². The van der Waals surface area contributed by atoms with Gasteiger partial charge in [0.2, 0.25) is 0 Å². The Hall–Kier alpha value is -1.00. The van der Waals surface area contributed by atoms with Gasteiger partial charge in [0.05, 0.1) is 6.61 Å². The van der Waals surface area contributed by atoms with Gasteiger partial charge in [0.25, 0.3) is 0 Å². The van der Waals surface area contributed by atoms with Gasteiger partial charge < -0.3 is 10.4 Å². The molecule has 1 fully saturated rings. The molecule has 1 aromatic carbocycles. The molecule has 0 heterocycles. The molecular formula is C13H17F2NO. The van der Waals surface area contributed by atoms with E-state index in [2.05, 4.69) is 5.32 Å². The number of aliphatic hydroxyl groups is 1. The summed E-state index contributed by atoms with van der Waals surface area (Å²) in [5, 5.41) is 12.6. The minimum atomic E-state index is -0.833. The topological polar surface area (TPSA) is 32.3 Å². The van der Waals surface area contributed by atoms with E-state index < -0.39 is 11.6 Å². The average molecular weight is 241 g/mol. The molecule has 1 saturated carbocycles. The lowest BCUT2D eigenvalue weighted by Gasteiger charge is -2.29. The van der Waals surface area contributed by atoms with Crippen molar-refractivity contribution in [2.24, 2.45) is 5.92 Å². The second kappa shape index (κ2) is 4.70. The van der Waals surface area contributed by atoms with Crippen LogP contribution in [0.25, 0.3) is 0 Å². The van der Waals surface area contributed by atoms with Gasteiger partial charge in [0.1, 0.15) is 0 Å². The van der Waals surface area contributed by atoms with E-state index in [1.165, 1.54) is 6.07 Å². The maximum Gasteiger partial charge on any atom is 0.159 e. The van der Waals surface area contributed by atoms with Crippen molar-refractivity contribution < 1.29 is 13.9 Å². The Morgan fingerprint density at radius 3 is 2.59 bits per heavy atom. The summed E-state index contributed by atoms with van der Waals surface area (Å²) in [6, 6.07) is 3.86. The van der Waals surface area contributed by atoms with Crippen LogP contribution in [0.5, 0.6) is 0 Å². The lowest BCUT2D eigenvalue weighted by molar-refractivity contribution is 0.153. The summed E-state index contributed by atoms with van der Waals surface area (Å²) in [5.74, 6) is -1.18. The zero-order valence-electron chi connectivity index (χ0n) is 9.84. The highest BCUT2D eigenvalue weighted by molar-refractivity contribution is 5.18. The second-order valence-electron chi connectivity index (χ2n) is 4.95. The molecule has 1 atom stereocenters. The molecule has 2 nitrogen and oxygen atoms in total. The zero-order valence-corrected chi connectivity index (χ0v) is 9.84. The third kappa shape index (κ3) is 2.82. The van der Waals surface area contributed by atoms with Crippen LogP contribution < -0.4 is 5.32 Å². The highest BCUT2D eigenvalue weighted by atomic mass is 19.2. The molecule has 1 aliphatic carbocycles. The van der Waals surface area contributed by atoms with Crippen LogP contribution in [-0.4, -0.2) is 17.3 Å². The molecule has 0 saturated heterocycles. The molecule has 0 aliphatic heterocycles. The normalized spacial score (nSPS) is 19.1. The zero-order chi connectivity index (χ0) is 12.5. The molecule has 2 N–H and O–H groups in total. The number of hydrogen-bond acceptors (Lipinski definition) is 2. The lowest BCUT2D eigenvalue weighted by Crippen LogP contribution is -2.47. The molecule has 0 aromatic heterocycles. The van der Waals surface area contributed by atoms with Gasteiger partial charge in [-0.2, -0.15) is 0 Å². The minimum Gasteiger partial charge on any atom is -0.394 e. The van der Waals surface area contributed by atoms with Gasteiger partial charge in [0.15, 0.2) is 11.6 Å². The van der Waals surface area contributed by atoms with Crippen LogP contribution in [0.3, 0.4) is 0 Å². The molecule has 0 amide bonds. The molecule has 2 rings (SSSR count). The third-order valence-corrected chi connectivity index (χ3v) is 3.49. The van der Waals surface area contributed by atoms with Crippen LogP contribution in [0.2, 0.25) is 0 Å². The fraction of sp³-hybridized carbons (Fsp3) is 0.538. The van der Waals surface area contributed by atoms with E-state index >= 15 is 0 Å². The summed E-state index contributed by atoms with van der Waals surface area (Å²) in [6.45, 7) is 2.46. The molecule has 0 radical (unpaired) electrons. The molecule has 4 heteroatoms. The van der Waals surface area contributed by atoms with Gasteiger partial charge in [-0.25, -0.2) is 8.78 Å². The average Bonchev–Trinajstić information content (AvgIpc) is 3.14. The van der Waals surface area contributed by atoms with Crippen molar-refractivity contribution in [2.45, 2.75) is 31.8 Å². The first-order chi connectivity index (χ1) is 8.05. The van der Waals surface area contributed by atoms with Crippen molar-refractivity contribution in [3.63, 3.8) is 0 Å². The van der Waals surface area contributed by atoms with E-state index in [1.807, 2.05) is 6.92 Å². The van der Waals surface area contributed by atoms with Crippen LogP contribution in [0.15, 0.2) is 18.2 Å². The molecule has 1 aliphatic rings. The maximum atomic E-state index is 13.0. The number of benzene rings is 1. The highest BCUT2D eigenvalue weighted by Crippen LogP contribution is 2.39. The van der Waals surface area contributed by atoms with Gasteiger partial charge in [0, 0.05) is 12.1 Å². The van der Waals surface area contributed by atoms with Gasteiger partial charge in [-0.3, -0.25) is 0 Å². The molecule has 0 bridgehead atoms. The molecule has 1 unspecified atom stereocenters. The van der Waals surface area contributed by atoms with Crippen LogP contribution in [0.4, 0.5) is 8.78 Å². The predicted octanol–water partition coefficient (Wildman–Crippen LogP) is 2.22. The van der Waals surface area contributed by atoms with Crippen molar-refractivity contribution in [3.05, 3.63) is 35.4 Å². The third-order valence-electron chi connectivity index (χ3n) is 3.49. The van der Waals surface area contributed by atoms with Gasteiger partial charge in [-0.1, -0.05) is 6.07 Å². The smallest absolute Gasteiger partial charge is 0.159 e. The molecule has 17 heavy (non-hydrogen) atoms. The maximum absolute atomic E-state index is 13.0. The summed E-state index contributed by atoms with van der Waals surface area (Å²) in [7, 11) is 0. The largest absolute Gasteiger partial charge is 0.394 e. The summed E-state index contributed by atoms with van der Waals surface area (Å²) in [5.41, 5.74) is 0.370. The van der Waals surface area contributed by atoms with Crippen LogP contribution >= 0.6 is 0 Å². The van der Waals surface area contributed by atoms with Crippen LogP contribution in [0, 0.1) is 17.6 Å². The fourth-order valence-corrected chi connectivity index (χ4v) is 2.00. The number of nitrogens with one attached hydrogen (secondary N) is 1. The molecule has 0 spiro atoms. The summed E-state index contributed by atoms with van der Waals surface area (Å²) >= 11 is 0. The van der Waals surface area contributed by atoms with E-state index in [0.717, 1.165) is 18.9 Å². The molecule has 94 valence electrons. The molecule has 1 aromatic rings.